The van der Waals surface area contributed by atoms with E-state index in [4.69, 9.17) is 0 Å². The van der Waals surface area contributed by atoms with Gasteiger partial charge in [0.05, 0.1) is 12.6 Å². The molecular weight excluding hydrogens is 172 g/mol. The van der Waals surface area contributed by atoms with Gasteiger partial charge in [0, 0.05) is 0 Å². The first-order valence-electron chi connectivity index (χ1n) is 5.36. The smallest absolute Gasteiger partial charge is 0.0961 e. The summed E-state index contributed by atoms with van der Waals surface area (Å²) in [4.78, 5) is 0. The van der Waals surface area contributed by atoms with Crippen molar-refractivity contribution in [3.8, 4) is 0 Å². The van der Waals surface area contributed by atoms with Crippen LogP contribution in [0.3, 0.4) is 0 Å². The minimum absolute atomic E-state index is 0.319. The maximum atomic E-state index is 4.33. The average Bonchev–Trinajstić information content (AvgIpc) is 2.26. The molecule has 0 amide bonds. The monoisotopic (exact) mass is 188 g/mol. The molecule has 0 aliphatic carbocycles. The van der Waals surface area contributed by atoms with Crippen LogP contribution in [0, 0.1) is 0 Å². The third kappa shape index (κ3) is 1.84. The first kappa shape index (κ1) is 9.38. The van der Waals surface area contributed by atoms with Gasteiger partial charge in [0.15, 0.2) is 0 Å². The van der Waals surface area contributed by atoms with Crippen molar-refractivity contribution in [1.29, 1.82) is 0 Å². The topological polar surface area (TPSA) is 24.7 Å². The second-order valence-corrected chi connectivity index (χ2v) is 3.77. The van der Waals surface area contributed by atoms with E-state index in [0.717, 1.165) is 13.0 Å². The summed E-state index contributed by atoms with van der Waals surface area (Å²) in [5.41, 5.74) is 2.74. The molecule has 0 bridgehead atoms. The Balaban J connectivity index is 2.18. The number of hydrogen-bond acceptors (Lipinski definition) is 2. The summed E-state index contributed by atoms with van der Waals surface area (Å²) in [6.07, 6.45) is 3.60. The fourth-order valence-electron chi connectivity index (χ4n) is 1.89. The van der Waals surface area contributed by atoms with Crippen LogP contribution in [0.25, 0.3) is 0 Å². The van der Waals surface area contributed by atoms with E-state index in [9.17, 15) is 0 Å². The van der Waals surface area contributed by atoms with Crippen molar-refractivity contribution in [2.24, 2.45) is 10.2 Å². The fraction of sp³-hybridized carbons (Fsp3) is 0.500. The lowest BCUT2D eigenvalue weighted by atomic mass is 9.96. The first-order valence-corrected chi connectivity index (χ1v) is 5.36. The third-order valence-electron chi connectivity index (χ3n) is 2.71. The summed E-state index contributed by atoms with van der Waals surface area (Å²) in [7, 11) is 0. The van der Waals surface area contributed by atoms with E-state index in [2.05, 4.69) is 41.4 Å². The van der Waals surface area contributed by atoms with Crippen LogP contribution in [0.1, 0.15) is 43.4 Å². The van der Waals surface area contributed by atoms with Crippen LogP contribution in [-0.2, 0) is 6.54 Å². The molecule has 0 saturated heterocycles. The molecule has 1 aliphatic heterocycles. The minimum atomic E-state index is 0.319. The van der Waals surface area contributed by atoms with Gasteiger partial charge in [0.25, 0.3) is 0 Å². The van der Waals surface area contributed by atoms with Gasteiger partial charge in [-0.1, -0.05) is 44.0 Å². The zero-order chi connectivity index (χ0) is 9.80. The Morgan fingerprint density at radius 3 is 3.07 bits per heavy atom. The lowest BCUT2D eigenvalue weighted by Crippen LogP contribution is -2.04. The summed E-state index contributed by atoms with van der Waals surface area (Å²) in [5.74, 6) is 0. The van der Waals surface area contributed by atoms with Crippen molar-refractivity contribution in [1.82, 2.24) is 0 Å². The summed E-state index contributed by atoms with van der Waals surface area (Å²) in [6, 6.07) is 8.84. The molecule has 74 valence electrons. The second-order valence-electron chi connectivity index (χ2n) is 3.77. The quantitative estimate of drug-likeness (QED) is 0.687. The Hall–Kier alpha value is -1.18. The lowest BCUT2D eigenvalue weighted by Gasteiger charge is -2.18. The van der Waals surface area contributed by atoms with E-state index in [-0.39, 0.29) is 0 Å². The molecule has 0 N–H and O–H groups in total. The van der Waals surface area contributed by atoms with Gasteiger partial charge in [-0.2, -0.15) is 10.2 Å². The van der Waals surface area contributed by atoms with Crippen molar-refractivity contribution in [3.05, 3.63) is 35.4 Å². The molecule has 0 radical (unpaired) electrons. The fourth-order valence-corrected chi connectivity index (χ4v) is 1.89. The molecular formula is C12H16N2. The highest BCUT2D eigenvalue weighted by molar-refractivity contribution is 5.31. The van der Waals surface area contributed by atoms with Gasteiger partial charge < -0.3 is 0 Å². The van der Waals surface area contributed by atoms with Crippen LogP contribution in [0.5, 0.6) is 0 Å². The molecule has 1 unspecified atom stereocenters. The molecule has 2 nitrogen and oxygen atoms in total. The number of rotatable bonds is 3. The Kier molecular flexibility index (Phi) is 2.92. The highest BCUT2D eigenvalue weighted by atomic mass is 15.1. The molecule has 0 fully saturated rings. The van der Waals surface area contributed by atoms with E-state index in [1.807, 2.05) is 0 Å². The second kappa shape index (κ2) is 4.36. The number of hydrogen-bond donors (Lipinski definition) is 0. The van der Waals surface area contributed by atoms with E-state index in [0.29, 0.717) is 6.04 Å². The van der Waals surface area contributed by atoms with Gasteiger partial charge in [-0.25, -0.2) is 0 Å². The van der Waals surface area contributed by atoms with Crippen molar-refractivity contribution >= 4 is 0 Å². The van der Waals surface area contributed by atoms with Crippen molar-refractivity contribution < 1.29 is 0 Å². The summed E-state index contributed by atoms with van der Waals surface area (Å²) in [6.45, 7) is 2.98. The predicted octanol–water partition coefficient (Wildman–Crippen LogP) is 3.88. The molecule has 1 aromatic carbocycles. The van der Waals surface area contributed by atoms with Crippen molar-refractivity contribution in [2.75, 3.05) is 0 Å². The number of benzene rings is 1. The normalized spacial score (nSPS) is 19.4. The molecule has 1 aromatic rings. The number of unbranched alkanes of at least 4 members (excludes halogenated alkanes) is 1. The summed E-state index contributed by atoms with van der Waals surface area (Å²) < 4.78 is 0. The number of nitrogens with zero attached hydrogens (tertiary/aromatic N) is 2. The Morgan fingerprint density at radius 1 is 1.36 bits per heavy atom. The van der Waals surface area contributed by atoms with Crippen LogP contribution in [0.2, 0.25) is 0 Å². The zero-order valence-corrected chi connectivity index (χ0v) is 8.61. The van der Waals surface area contributed by atoms with E-state index >= 15 is 0 Å². The van der Waals surface area contributed by atoms with Crippen LogP contribution >= 0.6 is 0 Å². The molecule has 0 saturated carbocycles. The SMILES string of the molecule is CCCCC1N=NCc2ccccc21. The van der Waals surface area contributed by atoms with Gasteiger partial charge in [-0.15, -0.1) is 0 Å². The molecule has 14 heavy (non-hydrogen) atoms. The number of fused-ring (bicyclic) bond motifs is 1. The van der Waals surface area contributed by atoms with Crippen molar-refractivity contribution in [3.63, 3.8) is 0 Å². The minimum Gasteiger partial charge on any atom is -0.189 e. The van der Waals surface area contributed by atoms with Crippen LogP contribution in [-0.4, -0.2) is 0 Å². The molecule has 0 aromatic heterocycles. The molecule has 1 heterocycles. The maximum absolute atomic E-state index is 4.33. The Labute approximate surface area is 85.1 Å². The summed E-state index contributed by atoms with van der Waals surface area (Å²) >= 11 is 0. The van der Waals surface area contributed by atoms with E-state index < -0.39 is 0 Å². The maximum Gasteiger partial charge on any atom is 0.0961 e. The number of azo groups is 1. The van der Waals surface area contributed by atoms with Gasteiger partial charge in [0.1, 0.15) is 0 Å². The molecule has 0 spiro atoms. The first-order chi connectivity index (χ1) is 6.92. The van der Waals surface area contributed by atoms with Crippen LogP contribution in [0.4, 0.5) is 0 Å². The lowest BCUT2D eigenvalue weighted by molar-refractivity contribution is 0.551. The van der Waals surface area contributed by atoms with Crippen LogP contribution < -0.4 is 0 Å². The Bertz CT molecular complexity index is 331. The zero-order valence-electron chi connectivity index (χ0n) is 8.61. The average molecular weight is 188 g/mol. The standard InChI is InChI=1S/C12H16N2/c1-2-3-8-12-11-7-5-4-6-10(11)9-13-14-12/h4-7,12H,2-3,8-9H2,1H3. The molecule has 2 rings (SSSR count). The third-order valence-corrected chi connectivity index (χ3v) is 2.71. The van der Waals surface area contributed by atoms with Gasteiger partial charge in [-0.05, 0) is 17.5 Å². The van der Waals surface area contributed by atoms with Crippen molar-refractivity contribution in [2.45, 2.75) is 38.8 Å². The molecule has 2 heteroatoms. The summed E-state index contributed by atoms with van der Waals surface area (Å²) in [5, 5.41) is 8.51. The molecule has 1 atom stereocenters. The van der Waals surface area contributed by atoms with Gasteiger partial charge in [0.2, 0.25) is 0 Å². The van der Waals surface area contributed by atoms with Gasteiger partial charge >= 0.3 is 0 Å². The van der Waals surface area contributed by atoms with E-state index in [1.54, 1.807) is 0 Å². The predicted molar refractivity (Wildman–Crippen MR) is 57.3 cm³/mol. The van der Waals surface area contributed by atoms with Gasteiger partial charge in [-0.3, -0.25) is 0 Å². The highest BCUT2D eigenvalue weighted by Crippen LogP contribution is 2.30. The largest absolute Gasteiger partial charge is 0.189 e. The van der Waals surface area contributed by atoms with Crippen LogP contribution in [0.15, 0.2) is 34.5 Å². The van der Waals surface area contributed by atoms with E-state index in [1.165, 1.54) is 24.0 Å². The highest BCUT2D eigenvalue weighted by Gasteiger charge is 2.16. The Morgan fingerprint density at radius 2 is 2.21 bits per heavy atom. The molecule has 1 aliphatic rings.